The van der Waals surface area contributed by atoms with Crippen LogP contribution in [0.2, 0.25) is 0 Å². The summed E-state index contributed by atoms with van der Waals surface area (Å²) in [6.45, 7) is 0. The first-order chi connectivity index (χ1) is 21.8. The zero-order chi connectivity index (χ0) is 29.0. The van der Waals surface area contributed by atoms with Crippen LogP contribution in [0.1, 0.15) is 0 Å². The maximum Gasteiger partial charge on any atom is 0.137 e. The molecule has 0 N–H and O–H groups in total. The zero-order valence-electron chi connectivity index (χ0n) is 23.8. The van der Waals surface area contributed by atoms with Crippen molar-refractivity contribution in [1.82, 2.24) is 4.98 Å². The first kappa shape index (κ1) is 24.6. The van der Waals surface area contributed by atoms with Crippen LogP contribution in [0.3, 0.4) is 0 Å². The maximum absolute atomic E-state index is 6.49. The molecule has 3 nitrogen and oxygen atoms in total. The van der Waals surface area contributed by atoms with Gasteiger partial charge in [-0.25, -0.2) is 0 Å². The van der Waals surface area contributed by atoms with E-state index in [1.807, 2.05) is 24.5 Å². The van der Waals surface area contributed by atoms with Gasteiger partial charge in [0.25, 0.3) is 0 Å². The van der Waals surface area contributed by atoms with Crippen molar-refractivity contribution >= 4 is 71.3 Å². The Morgan fingerprint density at radius 2 is 0.932 bits per heavy atom. The van der Waals surface area contributed by atoms with Crippen LogP contribution in [0.15, 0.2) is 162 Å². The van der Waals surface area contributed by atoms with E-state index in [0.717, 1.165) is 44.6 Å². The van der Waals surface area contributed by atoms with Crippen molar-refractivity contribution in [3.63, 3.8) is 0 Å². The first-order valence-corrected chi connectivity index (χ1v) is 14.9. The fourth-order valence-electron chi connectivity index (χ4n) is 6.45. The smallest absolute Gasteiger partial charge is 0.137 e. The van der Waals surface area contributed by atoms with Gasteiger partial charge in [0.2, 0.25) is 0 Å². The number of nitrogens with zero attached hydrogens (tertiary/aromatic N) is 2. The molecule has 0 saturated carbocycles. The minimum Gasteiger partial charge on any atom is -0.456 e. The van der Waals surface area contributed by atoms with Crippen LogP contribution in [0, 0.1) is 0 Å². The van der Waals surface area contributed by atoms with E-state index in [1.54, 1.807) is 0 Å². The van der Waals surface area contributed by atoms with Crippen LogP contribution in [-0.2, 0) is 0 Å². The van der Waals surface area contributed by atoms with Crippen molar-refractivity contribution in [3.05, 3.63) is 158 Å². The highest BCUT2D eigenvalue weighted by atomic mass is 16.3. The molecule has 44 heavy (non-hydrogen) atoms. The Kier molecular flexibility index (Phi) is 5.50. The Hall–Kier alpha value is -5.93. The van der Waals surface area contributed by atoms with E-state index in [2.05, 4.69) is 143 Å². The number of pyridine rings is 1. The van der Waals surface area contributed by atoms with E-state index in [9.17, 15) is 0 Å². The number of furan rings is 1. The molecule has 0 aliphatic rings. The second-order valence-corrected chi connectivity index (χ2v) is 11.3. The third-order valence-electron chi connectivity index (χ3n) is 8.67. The molecule has 3 heteroatoms. The molecule has 0 fully saturated rings. The number of rotatable bonds is 4. The van der Waals surface area contributed by atoms with Gasteiger partial charge in [-0.1, -0.05) is 72.8 Å². The second kappa shape index (κ2) is 9.82. The highest BCUT2D eigenvalue weighted by Gasteiger charge is 2.17. The van der Waals surface area contributed by atoms with Crippen LogP contribution >= 0.6 is 0 Å². The van der Waals surface area contributed by atoms with Gasteiger partial charge >= 0.3 is 0 Å². The zero-order valence-corrected chi connectivity index (χ0v) is 23.8. The lowest BCUT2D eigenvalue weighted by Gasteiger charge is -2.26. The fraction of sp³-hybridized carbons (Fsp3) is 0. The molecule has 2 heterocycles. The lowest BCUT2D eigenvalue weighted by Crippen LogP contribution is -2.09. The summed E-state index contributed by atoms with van der Waals surface area (Å²) in [6.07, 6.45) is 3.68. The molecule has 0 aliphatic heterocycles. The molecule has 0 saturated heterocycles. The van der Waals surface area contributed by atoms with E-state index in [-0.39, 0.29) is 0 Å². The maximum atomic E-state index is 6.49. The van der Waals surface area contributed by atoms with Gasteiger partial charge in [-0.15, -0.1) is 0 Å². The van der Waals surface area contributed by atoms with Crippen molar-refractivity contribution in [3.8, 4) is 11.1 Å². The Morgan fingerprint density at radius 3 is 1.70 bits per heavy atom. The van der Waals surface area contributed by atoms with E-state index in [4.69, 9.17) is 4.42 Å². The monoisotopic (exact) mass is 562 g/mol. The van der Waals surface area contributed by atoms with Gasteiger partial charge < -0.3 is 9.32 Å². The minimum absolute atomic E-state index is 0.876. The molecule has 0 radical (unpaired) electrons. The summed E-state index contributed by atoms with van der Waals surface area (Å²) >= 11 is 0. The topological polar surface area (TPSA) is 29.3 Å². The molecule has 0 bridgehead atoms. The molecule has 0 atom stereocenters. The minimum atomic E-state index is 0.876. The van der Waals surface area contributed by atoms with E-state index < -0.39 is 0 Å². The molecule has 0 spiro atoms. The molecule has 0 amide bonds. The molecule has 206 valence electrons. The number of anilines is 3. The average molecular weight is 563 g/mol. The van der Waals surface area contributed by atoms with E-state index >= 15 is 0 Å². The van der Waals surface area contributed by atoms with Gasteiger partial charge in [-0.05, 0) is 110 Å². The van der Waals surface area contributed by atoms with Crippen LogP contribution in [0.5, 0.6) is 0 Å². The Bertz CT molecular complexity index is 2510. The quantitative estimate of drug-likeness (QED) is 0.214. The number of hydrogen-bond donors (Lipinski definition) is 0. The van der Waals surface area contributed by atoms with Gasteiger partial charge in [0.1, 0.15) is 11.2 Å². The summed E-state index contributed by atoms with van der Waals surface area (Å²) in [4.78, 5) is 6.50. The highest BCUT2D eigenvalue weighted by molar-refractivity contribution is 6.11. The van der Waals surface area contributed by atoms with Crippen LogP contribution in [-0.4, -0.2) is 4.98 Å². The van der Waals surface area contributed by atoms with Crippen molar-refractivity contribution in [2.45, 2.75) is 0 Å². The Morgan fingerprint density at radius 1 is 0.386 bits per heavy atom. The van der Waals surface area contributed by atoms with Gasteiger partial charge in [-0.2, -0.15) is 0 Å². The lowest BCUT2D eigenvalue weighted by atomic mass is 10.0. The van der Waals surface area contributed by atoms with Gasteiger partial charge in [0.15, 0.2) is 0 Å². The van der Waals surface area contributed by atoms with Crippen LogP contribution in [0.25, 0.3) is 65.4 Å². The summed E-state index contributed by atoms with van der Waals surface area (Å²) in [7, 11) is 0. The highest BCUT2D eigenvalue weighted by Crippen LogP contribution is 2.41. The van der Waals surface area contributed by atoms with E-state index in [1.165, 1.54) is 37.9 Å². The van der Waals surface area contributed by atoms with Crippen molar-refractivity contribution in [2.75, 3.05) is 4.90 Å². The molecular weight excluding hydrogens is 536 g/mol. The molecule has 0 aliphatic carbocycles. The average Bonchev–Trinajstić information content (AvgIpc) is 3.44. The number of aromatic nitrogens is 1. The predicted molar refractivity (Wildman–Crippen MR) is 184 cm³/mol. The number of fused-ring (bicyclic) bond motifs is 6. The molecule has 9 rings (SSSR count). The Labute approximate surface area is 254 Å². The summed E-state index contributed by atoms with van der Waals surface area (Å²) in [5.74, 6) is 0. The van der Waals surface area contributed by atoms with Gasteiger partial charge in [0, 0.05) is 46.3 Å². The largest absolute Gasteiger partial charge is 0.456 e. The van der Waals surface area contributed by atoms with Gasteiger partial charge in [0.05, 0.1) is 0 Å². The predicted octanol–water partition coefficient (Wildman–Crippen LogP) is 11.6. The van der Waals surface area contributed by atoms with Crippen LogP contribution in [0.4, 0.5) is 17.1 Å². The standard InChI is InChI=1S/C41H26N2O/c1-2-6-29-22-35(13-11-27(29)5-1)43(36-14-12-33-21-32(9-10-34(33)23-36)28-17-19-42-20-18-28)37-15-16-38-39-24-30-7-3-4-8-31(30)25-40(39)44-41(38)26-37/h1-26H. The summed E-state index contributed by atoms with van der Waals surface area (Å²) in [5.41, 5.74) is 7.36. The second-order valence-electron chi connectivity index (χ2n) is 11.3. The molecule has 9 aromatic rings. The fourth-order valence-corrected chi connectivity index (χ4v) is 6.45. The third kappa shape index (κ3) is 4.10. The van der Waals surface area contributed by atoms with Crippen molar-refractivity contribution in [1.29, 1.82) is 0 Å². The van der Waals surface area contributed by atoms with Crippen molar-refractivity contribution in [2.24, 2.45) is 0 Å². The number of hydrogen-bond acceptors (Lipinski definition) is 3. The normalized spacial score (nSPS) is 11.6. The van der Waals surface area contributed by atoms with Crippen LogP contribution < -0.4 is 4.90 Å². The summed E-state index contributed by atoms with van der Waals surface area (Å²) in [5, 5.41) is 9.46. The molecule has 2 aromatic heterocycles. The van der Waals surface area contributed by atoms with Gasteiger partial charge in [-0.3, -0.25) is 4.98 Å². The molecule has 7 aromatic carbocycles. The third-order valence-corrected chi connectivity index (χ3v) is 8.67. The lowest BCUT2D eigenvalue weighted by molar-refractivity contribution is 0.669. The van der Waals surface area contributed by atoms with E-state index in [0.29, 0.717) is 0 Å². The van der Waals surface area contributed by atoms with Crippen molar-refractivity contribution < 1.29 is 4.42 Å². The SMILES string of the molecule is c1ccc2cc(N(c3ccc4cc(-c5ccncc5)ccc4c3)c3ccc4c(c3)oc3cc5ccccc5cc34)ccc2c1. The first-order valence-electron chi connectivity index (χ1n) is 14.9. The molecule has 0 unspecified atom stereocenters. The summed E-state index contributed by atoms with van der Waals surface area (Å²) in [6, 6.07) is 52.0. The summed E-state index contributed by atoms with van der Waals surface area (Å²) < 4.78 is 6.49. The Balaban J connectivity index is 1.22. The molecular formula is C41H26N2O. The number of benzene rings is 7.